The summed E-state index contributed by atoms with van der Waals surface area (Å²) in [6, 6.07) is 4.92. The van der Waals surface area contributed by atoms with E-state index >= 15 is 0 Å². The van der Waals surface area contributed by atoms with Crippen molar-refractivity contribution in [1.29, 1.82) is 0 Å². The van der Waals surface area contributed by atoms with E-state index in [0.717, 1.165) is 0 Å². The van der Waals surface area contributed by atoms with Gasteiger partial charge in [-0.05, 0) is 18.1 Å². The van der Waals surface area contributed by atoms with Crippen LogP contribution in [-0.4, -0.2) is 42.8 Å². The molecule has 2 aromatic heterocycles. The molecule has 2 heterocycles. The molecule has 0 aliphatic heterocycles. The summed E-state index contributed by atoms with van der Waals surface area (Å²) in [7, 11) is 0. The van der Waals surface area contributed by atoms with Gasteiger partial charge in [-0.3, -0.25) is 20.0 Å². The summed E-state index contributed by atoms with van der Waals surface area (Å²) in [4.78, 5) is 30.6. The SMILES string of the molecule is CC(C)[C@H](NC(=O)COc1ccc([N+](=O)[O-])cc1)c1nc(-c2ncn[nH]2)no1. The minimum absolute atomic E-state index is 0.0358. The highest BCUT2D eigenvalue weighted by Crippen LogP contribution is 2.22. The van der Waals surface area contributed by atoms with Gasteiger partial charge >= 0.3 is 0 Å². The van der Waals surface area contributed by atoms with Gasteiger partial charge in [0.1, 0.15) is 18.1 Å². The Morgan fingerprint density at radius 2 is 2.11 bits per heavy atom. The predicted octanol–water partition coefficient (Wildman–Crippen LogP) is 1.66. The van der Waals surface area contributed by atoms with Crippen LogP contribution in [0.25, 0.3) is 11.6 Å². The number of hydrogen-bond acceptors (Lipinski definition) is 9. The number of hydrogen-bond donors (Lipinski definition) is 2. The second-order valence-corrected chi connectivity index (χ2v) is 6.12. The molecule has 146 valence electrons. The van der Waals surface area contributed by atoms with Crippen LogP contribution in [-0.2, 0) is 4.79 Å². The second-order valence-electron chi connectivity index (χ2n) is 6.12. The van der Waals surface area contributed by atoms with Crippen LogP contribution in [0.4, 0.5) is 5.69 Å². The van der Waals surface area contributed by atoms with E-state index in [2.05, 4.69) is 30.6 Å². The van der Waals surface area contributed by atoms with Crippen molar-refractivity contribution in [3.05, 3.63) is 46.6 Å². The fraction of sp³-hybridized carbons (Fsp3) is 0.312. The van der Waals surface area contributed by atoms with Gasteiger partial charge in [-0.15, -0.1) is 0 Å². The molecular formula is C16H17N7O5. The Morgan fingerprint density at radius 3 is 2.71 bits per heavy atom. The number of carbonyl (C=O) groups is 1. The lowest BCUT2D eigenvalue weighted by Crippen LogP contribution is -2.35. The Balaban J connectivity index is 1.61. The molecule has 3 aromatic rings. The Hall–Kier alpha value is -3.83. The molecular weight excluding hydrogens is 370 g/mol. The van der Waals surface area contributed by atoms with E-state index in [1.54, 1.807) is 0 Å². The summed E-state index contributed by atoms with van der Waals surface area (Å²) in [6.45, 7) is 3.50. The molecule has 0 aliphatic carbocycles. The highest BCUT2D eigenvalue weighted by Gasteiger charge is 2.25. The second kappa shape index (κ2) is 8.24. The van der Waals surface area contributed by atoms with Gasteiger partial charge in [0, 0.05) is 12.1 Å². The molecule has 0 saturated heterocycles. The summed E-state index contributed by atoms with van der Waals surface area (Å²) in [6.07, 6.45) is 1.32. The molecule has 0 fully saturated rings. The number of non-ortho nitro benzene ring substituents is 1. The number of carbonyl (C=O) groups excluding carboxylic acids is 1. The fourth-order valence-electron chi connectivity index (χ4n) is 2.31. The third-order valence-electron chi connectivity index (χ3n) is 3.74. The normalized spacial score (nSPS) is 12.0. The summed E-state index contributed by atoms with van der Waals surface area (Å²) < 4.78 is 10.6. The van der Waals surface area contributed by atoms with Crippen molar-refractivity contribution in [3.8, 4) is 17.4 Å². The van der Waals surface area contributed by atoms with Gasteiger partial charge in [0.05, 0.1) is 4.92 Å². The monoisotopic (exact) mass is 387 g/mol. The van der Waals surface area contributed by atoms with Crippen LogP contribution in [0.5, 0.6) is 5.75 Å². The van der Waals surface area contributed by atoms with Crippen LogP contribution in [0.15, 0.2) is 35.1 Å². The van der Waals surface area contributed by atoms with E-state index < -0.39 is 16.9 Å². The van der Waals surface area contributed by atoms with Crippen molar-refractivity contribution in [2.24, 2.45) is 5.92 Å². The molecule has 0 aliphatic rings. The zero-order valence-electron chi connectivity index (χ0n) is 15.0. The van der Waals surface area contributed by atoms with Crippen LogP contribution in [0.1, 0.15) is 25.8 Å². The summed E-state index contributed by atoms with van der Waals surface area (Å²) >= 11 is 0. The first-order chi connectivity index (χ1) is 13.4. The molecule has 3 rings (SSSR count). The number of H-pyrrole nitrogens is 1. The zero-order chi connectivity index (χ0) is 20.1. The van der Waals surface area contributed by atoms with Gasteiger partial charge in [-0.2, -0.15) is 10.1 Å². The molecule has 12 heteroatoms. The van der Waals surface area contributed by atoms with Crippen LogP contribution in [0.3, 0.4) is 0 Å². The quantitative estimate of drug-likeness (QED) is 0.432. The van der Waals surface area contributed by atoms with Crippen molar-refractivity contribution in [3.63, 3.8) is 0 Å². The standard InChI is InChI=1S/C16H17N7O5/c1-9(2)13(16-20-15(22-28-16)14-17-8-18-21-14)19-12(24)7-27-11-5-3-10(4-6-11)23(25)26/h3-6,8-9,13H,7H2,1-2H3,(H,19,24)(H,17,18,21)/t13-/m0/s1. The Labute approximate surface area is 158 Å². The van der Waals surface area contributed by atoms with Gasteiger partial charge in [0.15, 0.2) is 12.4 Å². The average molecular weight is 387 g/mol. The highest BCUT2D eigenvalue weighted by molar-refractivity contribution is 5.78. The van der Waals surface area contributed by atoms with Crippen LogP contribution >= 0.6 is 0 Å². The minimum Gasteiger partial charge on any atom is -0.484 e. The molecule has 0 saturated carbocycles. The summed E-state index contributed by atoms with van der Waals surface area (Å²) in [5.74, 6) is 0.708. The summed E-state index contributed by atoms with van der Waals surface area (Å²) in [5, 5.41) is 23.6. The Kier molecular flexibility index (Phi) is 5.58. The smallest absolute Gasteiger partial charge is 0.269 e. The summed E-state index contributed by atoms with van der Waals surface area (Å²) in [5.41, 5.74) is -0.0596. The number of nitrogens with zero attached hydrogens (tertiary/aromatic N) is 5. The lowest BCUT2D eigenvalue weighted by atomic mass is 10.0. The van der Waals surface area contributed by atoms with Crippen molar-refractivity contribution in [1.82, 2.24) is 30.6 Å². The van der Waals surface area contributed by atoms with Gasteiger partial charge in [0.2, 0.25) is 11.7 Å². The maximum atomic E-state index is 12.3. The van der Waals surface area contributed by atoms with Crippen LogP contribution in [0, 0.1) is 16.0 Å². The number of benzene rings is 1. The molecule has 1 aromatic carbocycles. The number of aromatic amines is 1. The van der Waals surface area contributed by atoms with Crippen molar-refractivity contribution < 1.29 is 19.0 Å². The largest absolute Gasteiger partial charge is 0.484 e. The van der Waals surface area contributed by atoms with Crippen molar-refractivity contribution >= 4 is 11.6 Å². The van der Waals surface area contributed by atoms with Crippen molar-refractivity contribution in [2.75, 3.05) is 6.61 Å². The molecule has 2 N–H and O–H groups in total. The third kappa shape index (κ3) is 4.47. The zero-order valence-corrected chi connectivity index (χ0v) is 15.0. The average Bonchev–Trinajstić information content (AvgIpc) is 3.36. The molecule has 0 radical (unpaired) electrons. The molecule has 0 unspecified atom stereocenters. The molecule has 0 bridgehead atoms. The van der Waals surface area contributed by atoms with Gasteiger partial charge in [0.25, 0.3) is 11.6 Å². The number of amides is 1. The first-order valence-electron chi connectivity index (χ1n) is 8.30. The van der Waals surface area contributed by atoms with Gasteiger partial charge < -0.3 is 14.6 Å². The Bertz CT molecular complexity index is 937. The highest BCUT2D eigenvalue weighted by atomic mass is 16.6. The van der Waals surface area contributed by atoms with Gasteiger partial charge in [-0.25, -0.2) is 4.98 Å². The Morgan fingerprint density at radius 1 is 1.36 bits per heavy atom. The van der Waals surface area contributed by atoms with Crippen LogP contribution < -0.4 is 10.1 Å². The number of ether oxygens (including phenoxy) is 1. The van der Waals surface area contributed by atoms with Crippen LogP contribution in [0.2, 0.25) is 0 Å². The van der Waals surface area contributed by atoms with E-state index in [1.165, 1.54) is 30.6 Å². The van der Waals surface area contributed by atoms with E-state index in [4.69, 9.17) is 9.26 Å². The van der Waals surface area contributed by atoms with E-state index in [0.29, 0.717) is 11.6 Å². The first-order valence-corrected chi connectivity index (χ1v) is 8.30. The van der Waals surface area contributed by atoms with Crippen molar-refractivity contribution in [2.45, 2.75) is 19.9 Å². The number of nitro groups is 1. The molecule has 1 atom stereocenters. The molecule has 0 spiro atoms. The first kappa shape index (κ1) is 18.9. The number of nitro benzene ring substituents is 1. The molecule has 12 nitrogen and oxygen atoms in total. The lowest BCUT2D eigenvalue weighted by Gasteiger charge is -2.18. The van der Waals surface area contributed by atoms with Gasteiger partial charge in [-0.1, -0.05) is 19.0 Å². The third-order valence-corrected chi connectivity index (χ3v) is 3.74. The fourth-order valence-corrected chi connectivity index (χ4v) is 2.31. The predicted molar refractivity (Wildman–Crippen MR) is 94.0 cm³/mol. The molecule has 1 amide bonds. The topological polar surface area (TPSA) is 162 Å². The van der Waals surface area contributed by atoms with E-state index in [-0.39, 0.29) is 29.9 Å². The van der Waals surface area contributed by atoms with E-state index in [1.807, 2.05) is 13.8 Å². The lowest BCUT2D eigenvalue weighted by molar-refractivity contribution is -0.384. The molecule has 28 heavy (non-hydrogen) atoms. The number of nitrogens with one attached hydrogen (secondary N) is 2. The maximum Gasteiger partial charge on any atom is 0.269 e. The number of rotatable bonds is 8. The van der Waals surface area contributed by atoms with E-state index in [9.17, 15) is 14.9 Å². The minimum atomic E-state index is -0.530. The maximum absolute atomic E-state index is 12.3. The number of aromatic nitrogens is 5.